The minimum absolute atomic E-state index is 0.0472. The number of Topliss-reactive ketones (excluding diaryl/α,β-unsaturated/α-hetero) is 1. The molecule has 6 rings (SSSR count). The lowest BCUT2D eigenvalue weighted by atomic mass is 9.97. The Balaban J connectivity index is 1.31. The zero-order valence-electron chi connectivity index (χ0n) is 22.7. The monoisotopic (exact) mass is 617 g/mol. The van der Waals surface area contributed by atoms with Crippen molar-refractivity contribution in [2.45, 2.75) is 45.8 Å². The lowest BCUT2D eigenvalue weighted by molar-refractivity contribution is -0.138. The zero-order chi connectivity index (χ0) is 29.1. The normalized spacial score (nSPS) is 23.0. The Kier molecular flexibility index (Phi) is 6.69. The number of hydrogen-bond donors (Lipinski definition) is 2. The van der Waals surface area contributed by atoms with Gasteiger partial charge in [0.15, 0.2) is 5.78 Å². The quantitative estimate of drug-likeness (QED) is 0.237. The predicted molar refractivity (Wildman–Crippen MR) is 154 cm³/mol. The van der Waals surface area contributed by atoms with Crippen molar-refractivity contribution in [3.8, 4) is 11.1 Å². The molecule has 1 aliphatic carbocycles. The lowest BCUT2D eigenvalue weighted by Crippen LogP contribution is -2.47. The highest BCUT2D eigenvalue weighted by molar-refractivity contribution is 9.10. The molecule has 2 N–H and O–H groups in total. The molecule has 1 saturated heterocycles. The number of amides is 2. The van der Waals surface area contributed by atoms with Crippen LogP contribution in [0.5, 0.6) is 0 Å². The summed E-state index contributed by atoms with van der Waals surface area (Å²) < 4.78 is 2.09. The summed E-state index contributed by atoms with van der Waals surface area (Å²) >= 11 is 3.30. The van der Waals surface area contributed by atoms with Crippen LogP contribution in [0.1, 0.15) is 36.6 Å². The van der Waals surface area contributed by atoms with E-state index in [9.17, 15) is 19.5 Å². The van der Waals surface area contributed by atoms with E-state index >= 15 is 0 Å². The Labute approximate surface area is 244 Å². The van der Waals surface area contributed by atoms with E-state index in [0.29, 0.717) is 33.6 Å². The number of rotatable bonds is 7. The number of anilines is 1. The Morgan fingerprint density at radius 1 is 1.15 bits per heavy atom. The van der Waals surface area contributed by atoms with Crippen LogP contribution in [0.3, 0.4) is 0 Å². The van der Waals surface area contributed by atoms with Gasteiger partial charge in [0.25, 0.3) is 0 Å². The zero-order valence-corrected chi connectivity index (χ0v) is 24.3. The fraction of sp³-hybridized carbons (Fsp3) is 0.345. The molecule has 1 aromatic carbocycles. The summed E-state index contributed by atoms with van der Waals surface area (Å²) in [7, 11) is 0. The van der Waals surface area contributed by atoms with Gasteiger partial charge in [-0.15, -0.1) is 0 Å². The van der Waals surface area contributed by atoms with Gasteiger partial charge in [0, 0.05) is 41.7 Å². The van der Waals surface area contributed by atoms with E-state index in [-0.39, 0.29) is 48.4 Å². The average Bonchev–Trinajstić information content (AvgIpc) is 3.23. The number of halogens is 1. The van der Waals surface area contributed by atoms with Gasteiger partial charge >= 0.3 is 0 Å². The van der Waals surface area contributed by atoms with Gasteiger partial charge in [-0.25, -0.2) is 15.0 Å². The highest BCUT2D eigenvalue weighted by Crippen LogP contribution is 2.64. The summed E-state index contributed by atoms with van der Waals surface area (Å²) in [5.41, 5.74) is 1.97. The molecule has 41 heavy (non-hydrogen) atoms. The van der Waals surface area contributed by atoms with Gasteiger partial charge in [-0.2, -0.15) is 5.10 Å². The number of hydrogen-bond acceptors (Lipinski definition) is 8. The van der Waals surface area contributed by atoms with Gasteiger partial charge in [0.1, 0.15) is 34.5 Å². The fourth-order valence-corrected chi connectivity index (χ4v) is 6.52. The van der Waals surface area contributed by atoms with Crippen molar-refractivity contribution in [2.24, 2.45) is 11.3 Å². The van der Waals surface area contributed by atoms with E-state index < -0.39 is 11.5 Å². The third-order valence-corrected chi connectivity index (χ3v) is 8.85. The molecule has 2 unspecified atom stereocenters. The predicted octanol–water partition coefficient (Wildman–Crippen LogP) is 3.40. The Hall–Kier alpha value is -4.03. The number of aromatic nitrogens is 5. The summed E-state index contributed by atoms with van der Waals surface area (Å²) in [6, 6.07) is 9.68. The van der Waals surface area contributed by atoms with Crippen molar-refractivity contribution >= 4 is 50.2 Å². The van der Waals surface area contributed by atoms with E-state index in [1.165, 1.54) is 11.6 Å². The molecule has 1 saturated carbocycles. The highest BCUT2D eigenvalue weighted by atomic mass is 79.9. The molecule has 210 valence electrons. The molecule has 4 atom stereocenters. The first-order chi connectivity index (χ1) is 19.6. The first-order valence-electron chi connectivity index (χ1n) is 13.3. The molecular weight excluding hydrogens is 590 g/mol. The summed E-state index contributed by atoms with van der Waals surface area (Å²) in [4.78, 5) is 54.2. The number of carbonyl (C=O) groups excluding carboxylic acids is 3. The van der Waals surface area contributed by atoms with Crippen molar-refractivity contribution in [1.82, 2.24) is 29.6 Å². The first kappa shape index (κ1) is 27.2. The highest BCUT2D eigenvalue weighted by Gasteiger charge is 2.72. The number of nitrogens with zero attached hydrogens (tertiary/aromatic N) is 6. The summed E-state index contributed by atoms with van der Waals surface area (Å²) in [5, 5.41) is 18.2. The average molecular weight is 618 g/mol. The van der Waals surface area contributed by atoms with Gasteiger partial charge in [-0.1, -0.05) is 19.1 Å². The molecule has 1 aliphatic heterocycles. The number of aliphatic hydroxyl groups excluding tert-OH is 1. The van der Waals surface area contributed by atoms with Crippen LogP contribution in [0, 0.1) is 18.3 Å². The summed E-state index contributed by atoms with van der Waals surface area (Å²) in [5.74, 6) is 0.160. The van der Waals surface area contributed by atoms with Crippen LogP contribution < -0.4 is 5.32 Å². The number of nitrogens with one attached hydrogen (secondary N) is 1. The van der Waals surface area contributed by atoms with E-state index in [1.807, 2.05) is 25.1 Å². The second kappa shape index (κ2) is 10.1. The number of benzene rings is 1. The molecule has 2 fully saturated rings. The standard InChI is InChI=1S/C29H28BrN7O4/c1-15-27-29(15,14-38)10-22(28(41)34-24-6-4-5-23(30)33-24)37(27)25(40)13-36-21-8-7-18(19-11-31-17(3)32-12-19)9-20(21)26(35-36)16(2)39/h4-9,11-12,15,22,27,38H,10,13-14H2,1-3H3,(H,33,34,41)/t15?,22-,27?,29-/m0/s1. The molecular formula is C29H28BrN7O4. The molecule has 4 aromatic rings. The van der Waals surface area contributed by atoms with Crippen molar-refractivity contribution < 1.29 is 19.5 Å². The smallest absolute Gasteiger partial charge is 0.248 e. The molecule has 0 spiro atoms. The molecule has 0 bridgehead atoms. The van der Waals surface area contributed by atoms with Crippen LogP contribution in [-0.4, -0.2) is 71.0 Å². The summed E-state index contributed by atoms with van der Waals surface area (Å²) in [6.45, 7) is 4.94. The van der Waals surface area contributed by atoms with Gasteiger partial charge in [-0.05, 0) is 65.0 Å². The van der Waals surface area contributed by atoms with Crippen LogP contribution in [0.15, 0.2) is 53.4 Å². The molecule has 11 nitrogen and oxygen atoms in total. The molecule has 0 radical (unpaired) electrons. The van der Waals surface area contributed by atoms with Crippen LogP contribution >= 0.6 is 15.9 Å². The third-order valence-electron chi connectivity index (χ3n) is 8.40. The number of pyridine rings is 1. The number of ketones is 1. The number of fused-ring (bicyclic) bond motifs is 2. The summed E-state index contributed by atoms with van der Waals surface area (Å²) in [6.07, 6.45) is 3.79. The van der Waals surface area contributed by atoms with E-state index in [1.54, 1.807) is 42.4 Å². The Morgan fingerprint density at radius 3 is 2.59 bits per heavy atom. The number of piperidine rings is 1. The van der Waals surface area contributed by atoms with Gasteiger partial charge < -0.3 is 15.3 Å². The Bertz CT molecular complexity index is 1710. The maximum atomic E-state index is 13.9. The van der Waals surface area contributed by atoms with Crippen molar-refractivity contribution in [3.05, 3.63) is 64.9 Å². The maximum Gasteiger partial charge on any atom is 0.248 e. The lowest BCUT2D eigenvalue weighted by Gasteiger charge is -2.28. The van der Waals surface area contributed by atoms with Crippen molar-refractivity contribution in [1.29, 1.82) is 0 Å². The van der Waals surface area contributed by atoms with E-state index in [2.05, 4.69) is 41.3 Å². The molecule has 2 amide bonds. The van der Waals surface area contributed by atoms with Crippen LogP contribution in [0.4, 0.5) is 5.82 Å². The van der Waals surface area contributed by atoms with Crippen molar-refractivity contribution in [2.75, 3.05) is 11.9 Å². The number of aliphatic hydroxyl groups is 1. The topological polar surface area (TPSA) is 143 Å². The number of aryl methyl sites for hydroxylation is 1. The molecule has 2 aliphatic rings. The minimum atomic E-state index is -0.779. The second-order valence-electron chi connectivity index (χ2n) is 10.8. The maximum absolute atomic E-state index is 13.9. The molecule has 3 aromatic heterocycles. The van der Waals surface area contributed by atoms with Crippen molar-refractivity contribution in [3.63, 3.8) is 0 Å². The fourth-order valence-electron chi connectivity index (χ4n) is 6.18. The molecule has 12 heteroatoms. The van der Waals surface area contributed by atoms with Crippen LogP contribution in [0.25, 0.3) is 22.0 Å². The minimum Gasteiger partial charge on any atom is -0.396 e. The van der Waals surface area contributed by atoms with Gasteiger partial charge in [0.05, 0.1) is 12.1 Å². The number of carbonyl (C=O) groups is 3. The third kappa shape index (κ3) is 4.60. The largest absolute Gasteiger partial charge is 0.396 e. The van der Waals surface area contributed by atoms with E-state index in [0.717, 1.165) is 11.1 Å². The van der Waals surface area contributed by atoms with Gasteiger partial charge in [-0.3, -0.25) is 19.1 Å². The van der Waals surface area contributed by atoms with E-state index in [4.69, 9.17) is 0 Å². The number of likely N-dealkylation sites (tertiary alicyclic amines) is 1. The van der Waals surface area contributed by atoms with Gasteiger partial charge in [0.2, 0.25) is 11.8 Å². The van der Waals surface area contributed by atoms with Crippen LogP contribution in [-0.2, 0) is 16.1 Å². The first-order valence-corrected chi connectivity index (χ1v) is 14.1. The van der Waals surface area contributed by atoms with Crippen LogP contribution in [0.2, 0.25) is 0 Å². The SMILES string of the molecule is CC(=O)c1nn(CC(=O)N2C3C(C)[C@@]3(CO)C[C@H]2C(=O)Nc2cccc(Br)n2)c2ccc(-c3cnc(C)nc3)cc12. The second-order valence-corrected chi connectivity index (χ2v) is 11.6. The Morgan fingerprint density at radius 2 is 1.90 bits per heavy atom. The molecule has 4 heterocycles.